The number of aryl methyl sites for hydroxylation is 1. The topological polar surface area (TPSA) is 106 Å². The maximum Gasteiger partial charge on any atom is 0.419 e. The van der Waals surface area contributed by atoms with Gasteiger partial charge >= 0.3 is 5.76 Å². The Morgan fingerprint density at radius 3 is 2.95 bits per heavy atom. The van der Waals surface area contributed by atoms with Crippen LogP contribution in [-0.4, -0.2) is 22.1 Å². The maximum absolute atomic E-state index is 11.9. The van der Waals surface area contributed by atoms with E-state index in [1.54, 1.807) is 19.2 Å². The molecule has 2 aromatic rings. The van der Waals surface area contributed by atoms with E-state index in [2.05, 4.69) is 15.8 Å². The van der Waals surface area contributed by atoms with Crippen molar-refractivity contribution in [2.75, 3.05) is 0 Å². The average Bonchev–Trinajstić information content (AvgIpc) is 2.80. The van der Waals surface area contributed by atoms with Crippen molar-refractivity contribution in [1.29, 1.82) is 0 Å². The highest BCUT2D eigenvalue weighted by molar-refractivity contribution is 6.39. The fraction of sp³-hybridized carbons (Fsp3) is 0.286. The molecule has 1 aromatic carbocycles. The van der Waals surface area contributed by atoms with Crippen LogP contribution in [0.2, 0.25) is 0 Å². The number of nitrogens with zero attached hydrogens (tertiary/aromatic N) is 2. The Labute approximate surface area is 124 Å². The predicted octanol–water partition coefficient (Wildman–Crippen LogP) is 0.0137. The van der Waals surface area contributed by atoms with Crippen molar-refractivity contribution in [3.63, 3.8) is 0 Å². The van der Waals surface area contributed by atoms with Gasteiger partial charge < -0.3 is 9.73 Å². The van der Waals surface area contributed by atoms with Gasteiger partial charge in [0.2, 0.25) is 5.91 Å². The zero-order chi connectivity index (χ0) is 15.7. The summed E-state index contributed by atoms with van der Waals surface area (Å²) < 4.78 is 6.51. The van der Waals surface area contributed by atoms with Gasteiger partial charge in [-0.2, -0.15) is 5.10 Å². The van der Waals surface area contributed by atoms with Gasteiger partial charge in [-0.1, -0.05) is 6.07 Å². The van der Waals surface area contributed by atoms with Crippen LogP contribution < -0.4 is 16.5 Å². The van der Waals surface area contributed by atoms with Crippen LogP contribution in [0, 0.1) is 0 Å². The molecule has 2 amide bonds. The van der Waals surface area contributed by atoms with Gasteiger partial charge in [0.1, 0.15) is 5.71 Å². The van der Waals surface area contributed by atoms with Crippen molar-refractivity contribution in [3.05, 3.63) is 34.3 Å². The molecular weight excluding hydrogens is 288 g/mol. The molecule has 8 heteroatoms. The number of benzene rings is 1. The van der Waals surface area contributed by atoms with Crippen molar-refractivity contribution < 1.29 is 14.0 Å². The zero-order valence-corrected chi connectivity index (χ0v) is 11.9. The highest BCUT2D eigenvalue weighted by Gasteiger charge is 2.18. The van der Waals surface area contributed by atoms with Gasteiger partial charge in [0.25, 0.3) is 5.91 Å². The molecule has 0 saturated carbocycles. The first-order valence-corrected chi connectivity index (χ1v) is 6.76. The largest absolute Gasteiger partial charge is 0.419 e. The van der Waals surface area contributed by atoms with Gasteiger partial charge in [0, 0.05) is 26.4 Å². The number of nitrogens with one attached hydrogen (secondary N) is 2. The molecule has 1 aliphatic heterocycles. The third-order valence-electron chi connectivity index (χ3n) is 3.48. The smallest absolute Gasteiger partial charge is 0.408 e. The summed E-state index contributed by atoms with van der Waals surface area (Å²) in [6.07, 6.45) is 0.581. The molecule has 114 valence electrons. The molecule has 0 radical (unpaired) electrons. The van der Waals surface area contributed by atoms with E-state index in [0.29, 0.717) is 23.2 Å². The van der Waals surface area contributed by atoms with E-state index in [-0.39, 0.29) is 24.8 Å². The normalized spacial score (nSPS) is 14.6. The molecule has 0 fully saturated rings. The summed E-state index contributed by atoms with van der Waals surface area (Å²) in [5, 5.41) is 6.45. The van der Waals surface area contributed by atoms with E-state index < -0.39 is 5.76 Å². The molecule has 22 heavy (non-hydrogen) atoms. The van der Waals surface area contributed by atoms with Crippen LogP contribution >= 0.6 is 0 Å². The van der Waals surface area contributed by atoms with Gasteiger partial charge in [-0.25, -0.2) is 10.2 Å². The van der Waals surface area contributed by atoms with E-state index in [1.807, 2.05) is 6.07 Å². The zero-order valence-electron chi connectivity index (χ0n) is 11.9. The van der Waals surface area contributed by atoms with Crippen LogP contribution in [-0.2, 0) is 23.2 Å². The summed E-state index contributed by atoms with van der Waals surface area (Å²) in [6, 6.07) is 5.28. The Hall–Kier alpha value is -2.90. The van der Waals surface area contributed by atoms with Gasteiger partial charge in [0.15, 0.2) is 5.58 Å². The second kappa shape index (κ2) is 5.47. The Morgan fingerprint density at radius 2 is 2.23 bits per heavy atom. The van der Waals surface area contributed by atoms with E-state index >= 15 is 0 Å². The number of aromatic nitrogens is 1. The molecule has 2 N–H and O–H groups in total. The van der Waals surface area contributed by atoms with Gasteiger partial charge in [-0.15, -0.1) is 0 Å². The number of carbonyl (C=O) groups excluding carboxylic acids is 2. The highest BCUT2D eigenvalue weighted by atomic mass is 16.4. The van der Waals surface area contributed by atoms with Crippen LogP contribution in [0.4, 0.5) is 0 Å². The lowest BCUT2D eigenvalue weighted by Crippen LogP contribution is -2.36. The van der Waals surface area contributed by atoms with Crippen LogP contribution in [0.1, 0.15) is 18.4 Å². The van der Waals surface area contributed by atoms with E-state index in [1.165, 1.54) is 4.57 Å². The van der Waals surface area contributed by atoms with Crippen LogP contribution in [0.15, 0.2) is 32.5 Å². The number of hydrogen-bond acceptors (Lipinski definition) is 5. The fourth-order valence-electron chi connectivity index (χ4n) is 2.21. The number of carbonyl (C=O) groups is 2. The average molecular weight is 302 g/mol. The lowest BCUT2D eigenvalue weighted by atomic mass is 10.1. The van der Waals surface area contributed by atoms with Crippen molar-refractivity contribution >= 4 is 28.6 Å². The summed E-state index contributed by atoms with van der Waals surface area (Å²) >= 11 is 0. The molecule has 0 bridgehead atoms. The third kappa shape index (κ3) is 2.62. The van der Waals surface area contributed by atoms with E-state index in [9.17, 15) is 14.4 Å². The van der Waals surface area contributed by atoms with Crippen LogP contribution in [0.5, 0.6) is 0 Å². The quantitative estimate of drug-likeness (QED) is 0.833. The van der Waals surface area contributed by atoms with Gasteiger partial charge in [0.05, 0.1) is 5.52 Å². The number of amides is 2. The van der Waals surface area contributed by atoms with Crippen LogP contribution in [0.3, 0.4) is 0 Å². The highest BCUT2D eigenvalue weighted by Crippen LogP contribution is 2.14. The summed E-state index contributed by atoms with van der Waals surface area (Å²) in [5.41, 5.74) is 4.55. The van der Waals surface area contributed by atoms with Crippen molar-refractivity contribution in [2.24, 2.45) is 12.1 Å². The SMILES string of the molecule is Cn1c(=O)oc2cc(CNC(=O)C3=NNC(=O)CC3)ccc21. The molecule has 0 saturated heterocycles. The summed E-state index contributed by atoms with van der Waals surface area (Å²) in [4.78, 5) is 34.3. The van der Waals surface area contributed by atoms with Crippen molar-refractivity contribution in [1.82, 2.24) is 15.3 Å². The predicted molar refractivity (Wildman–Crippen MR) is 78.1 cm³/mol. The molecule has 8 nitrogen and oxygen atoms in total. The summed E-state index contributed by atoms with van der Waals surface area (Å²) in [5.74, 6) is -0.945. The number of fused-ring (bicyclic) bond motifs is 1. The lowest BCUT2D eigenvalue weighted by molar-refractivity contribution is -0.121. The first-order chi connectivity index (χ1) is 10.5. The Kier molecular flexibility index (Phi) is 3.50. The van der Waals surface area contributed by atoms with E-state index in [0.717, 1.165) is 5.56 Å². The molecule has 0 atom stereocenters. The number of rotatable bonds is 3. The fourth-order valence-corrected chi connectivity index (χ4v) is 2.21. The van der Waals surface area contributed by atoms with E-state index in [4.69, 9.17) is 4.42 Å². The second-order valence-electron chi connectivity index (χ2n) is 5.01. The van der Waals surface area contributed by atoms with Crippen LogP contribution in [0.25, 0.3) is 11.1 Å². The molecule has 0 spiro atoms. The lowest BCUT2D eigenvalue weighted by Gasteiger charge is -2.11. The third-order valence-corrected chi connectivity index (χ3v) is 3.48. The Bertz CT molecular complexity index is 846. The second-order valence-corrected chi connectivity index (χ2v) is 5.01. The van der Waals surface area contributed by atoms with Crippen molar-refractivity contribution in [3.8, 4) is 0 Å². The maximum atomic E-state index is 11.9. The Morgan fingerprint density at radius 1 is 1.41 bits per heavy atom. The molecule has 2 heterocycles. The first-order valence-electron chi connectivity index (χ1n) is 6.76. The summed E-state index contributed by atoms with van der Waals surface area (Å²) in [6.45, 7) is 0.278. The van der Waals surface area contributed by atoms with Gasteiger partial charge in [-0.05, 0) is 17.7 Å². The van der Waals surface area contributed by atoms with Crippen molar-refractivity contribution in [2.45, 2.75) is 19.4 Å². The number of hydrazone groups is 1. The molecule has 3 rings (SSSR count). The Balaban J connectivity index is 1.70. The summed E-state index contributed by atoms with van der Waals surface area (Å²) in [7, 11) is 1.63. The molecule has 0 aliphatic carbocycles. The monoisotopic (exact) mass is 302 g/mol. The number of hydrogen-bond donors (Lipinski definition) is 2. The standard InChI is InChI=1S/C14H14N4O4/c1-18-10-4-2-8(6-11(10)22-14(18)21)7-15-13(20)9-3-5-12(19)17-16-9/h2,4,6H,3,5,7H2,1H3,(H,15,20)(H,17,19). The molecule has 0 unspecified atom stereocenters. The first kappa shape index (κ1) is 14.1. The molecular formula is C14H14N4O4. The molecule has 1 aromatic heterocycles. The minimum Gasteiger partial charge on any atom is -0.408 e. The number of oxazole rings is 1. The molecule has 1 aliphatic rings. The minimum absolute atomic E-state index is 0.193. The minimum atomic E-state index is -0.427. The van der Waals surface area contributed by atoms with Gasteiger partial charge in [-0.3, -0.25) is 14.2 Å².